The lowest BCUT2D eigenvalue weighted by molar-refractivity contribution is -0.122. The Labute approximate surface area is 95.8 Å². The normalized spacial score (nSPS) is 10.8. The second-order valence-electron chi connectivity index (χ2n) is 3.15. The molecule has 2 N–H and O–H groups in total. The average Bonchev–Trinajstić information content (AvgIpc) is 2.27. The van der Waals surface area contributed by atoms with Gasteiger partial charge in [-0.1, -0.05) is 0 Å². The van der Waals surface area contributed by atoms with Gasteiger partial charge < -0.3 is 15.4 Å². The van der Waals surface area contributed by atoms with Crippen molar-refractivity contribution >= 4 is 11.7 Å². The molecule has 1 rings (SSSR count). The summed E-state index contributed by atoms with van der Waals surface area (Å²) in [5.41, 5.74) is 0.380. The highest BCUT2D eigenvalue weighted by atomic mass is 19.4. The summed E-state index contributed by atoms with van der Waals surface area (Å²) in [4.78, 5) is 11.1. The van der Waals surface area contributed by atoms with Crippen LogP contribution in [-0.4, -0.2) is 25.9 Å². The predicted octanol–water partition coefficient (Wildman–Crippen LogP) is 2.38. The van der Waals surface area contributed by atoms with E-state index in [-0.39, 0.29) is 0 Å². The molecule has 0 aromatic heterocycles. The van der Waals surface area contributed by atoms with Gasteiger partial charge in [-0.3, -0.25) is 0 Å². The summed E-state index contributed by atoms with van der Waals surface area (Å²) in [5, 5.41) is 3.95. The van der Waals surface area contributed by atoms with Crippen molar-refractivity contribution in [1.82, 2.24) is 5.32 Å². The van der Waals surface area contributed by atoms with E-state index < -0.39 is 18.8 Å². The zero-order valence-electron chi connectivity index (χ0n) is 8.97. The Hall–Kier alpha value is -1.92. The van der Waals surface area contributed by atoms with Crippen LogP contribution in [-0.2, 0) is 0 Å². The molecule has 1 aromatic carbocycles. The minimum atomic E-state index is -4.42. The Morgan fingerprint density at radius 1 is 1.29 bits per heavy atom. The smallest absolute Gasteiger partial charge is 0.405 e. The number of halogens is 3. The number of methoxy groups -OCH3 is 1. The van der Waals surface area contributed by atoms with Crippen molar-refractivity contribution in [2.24, 2.45) is 0 Å². The summed E-state index contributed by atoms with van der Waals surface area (Å²) in [6.45, 7) is -1.37. The van der Waals surface area contributed by atoms with Crippen molar-refractivity contribution < 1.29 is 22.7 Å². The fourth-order valence-corrected chi connectivity index (χ4v) is 1.03. The number of urea groups is 1. The van der Waals surface area contributed by atoms with Gasteiger partial charge in [0.1, 0.15) is 12.3 Å². The van der Waals surface area contributed by atoms with Crippen LogP contribution in [0.2, 0.25) is 0 Å². The lowest BCUT2D eigenvalue weighted by atomic mass is 10.3. The topological polar surface area (TPSA) is 50.4 Å². The molecule has 17 heavy (non-hydrogen) atoms. The van der Waals surface area contributed by atoms with Crippen molar-refractivity contribution in [3.8, 4) is 5.75 Å². The quantitative estimate of drug-likeness (QED) is 0.862. The standard InChI is InChI=1S/C10H11F3N2O2/c1-17-8-4-2-7(3-5-8)15-9(16)14-6-10(11,12)13/h2-5H,6H2,1H3,(H2,14,15,16). The van der Waals surface area contributed by atoms with E-state index in [0.717, 1.165) is 0 Å². The van der Waals surface area contributed by atoms with Gasteiger partial charge in [0.25, 0.3) is 0 Å². The number of hydrogen-bond acceptors (Lipinski definition) is 2. The number of ether oxygens (including phenoxy) is 1. The third kappa shape index (κ3) is 5.10. The molecule has 94 valence electrons. The van der Waals surface area contributed by atoms with Crippen molar-refractivity contribution in [2.75, 3.05) is 19.0 Å². The molecule has 2 amide bonds. The molecular weight excluding hydrogens is 237 g/mol. The lowest BCUT2D eigenvalue weighted by Gasteiger charge is -2.10. The van der Waals surface area contributed by atoms with Crippen molar-refractivity contribution in [1.29, 1.82) is 0 Å². The highest BCUT2D eigenvalue weighted by Gasteiger charge is 2.27. The van der Waals surface area contributed by atoms with Crippen molar-refractivity contribution in [3.63, 3.8) is 0 Å². The fourth-order valence-electron chi connectivity index (χ4n) is 1.03. The molecule has 0 radical (unpaired) electrons. The fraction of sp³-hybridized carbons (Fsp3) is 0.300. The van der Waals surface area contributed by atoms with E-state index in [0.29, 0.717) is 11.4 Å². The second-order valence-corrected chi connectivity index (χ2v) is 3.15. The van der Waals surface area contributed by atoms with Crippen LogP contribution in [0, 0.1) is 0 Å². The maximum Gasteiger partial charge on any atom is 0.405 e. The molecule has 7 heteroatoms. The van der Waals surface area contributed by atoms with E-state index in [1.807, 2.05) is 0 Å². The van der Waals surface area contributed by atoms with Gasteiger partial charge in [0.2, 0.25) is 0 Å². The Balaban J connectivity index is 2.45. The molecule has 0 spiro atoms. The van der Waals surface area contributed by atoms with E-state index >= 15 is 0 Å². The third-order valence-electron chi connectivity index (χ3n) is 1.80. The zero-order valence-corrected chi connectivity index (χ0v) is 8.97. The number of amides is 2. The molecule has 1 aromatic rings. The van der Waals surface area contributed by atoms with E-state index in [1.54, 1.807) is 17.4 Å². The average molecular weight is 248 g/mol. The largest absolute Gasteiger partial charge is 0.497 e. The lowest BCUT2D eigenvalue weighted by Crippen LogP contribution is -2.36. The molecule has 0 aliphatic rings. The monoisotopic (exact) mass is 248 g/mol. The van der Waals surface area contributed by atoms with Gasteiger partial charge in [0.15, 0.2) is 0 Å². The van der Waals surface area contributed by atoms with Crippen LogP contribution in [0.3, 0.4) is 0 Å². The first kappa shape index (κ1) is 13.1. The number of benzene rings is 1. The highest BCUT2D eigenvalue weighted by Crippen LogP contribution is 2.15. The summed E-state index contributed by atoms with van der Waals surface area (Å²) in [6.07, 6.45) is -4.42. The summed E-state index contributed by atoms with van der Waals surface area (Å²) in [7, 11) is 1.48. The van der Waals surface area contributed by atoms with Gasteiger partial charge in [0.05, 0.1) is 7.11 Å². The van der Waals surface area contributed by atoms with Crippen LogP contribution in [0.1, 0.15) is 0 Å². The number of carbonyl (C=O) groups excluding carboxylic acids is 1. The van der Waals surface area contributed by atoms with Crippen LogP contribution < -0.4 is 15.4 Å². The van der Waals surface area contributed by atoms with Gasteiger partial charge in [0, 0.05) is 5.69 Å². The predicted molar refractivity (Wildman–Crippen MR) is 56.1 cm³/mol. The van der Waals surface area contributed by atoms with Crippen LogP contribution in [0.25, 0.3) is 0 Å². The SMILES string of the molecule is COc1ccc(NC(=O)NCC(F)(F)F)cc1. The summed E-state index contributed by atoms with van der Waals surface area (Å²) in [6, 6.07) is 5.30. The number of hydrogen-bond donors (Lipinski definition) is 2. The Kier molecular flexibility index (Phi) is 4.19. The summed E-state index contributed by atoms with van der Waals surface area (Å²) in [5.74, 6) is 0.589. The Morgan fingerprint density at radius 3 is 2.35 bits per heavy atom. The second kappa shape index (κ2) is 5.42. The van der Waals surface area contributed by atoms with E-state index in [4.69, 9.17) is 4.74 Å². The van der Waals surface area contributed by atoms with Crippen LogP contribution in [0.4, 0.5) is 23.7 Å². The van der Waals surface area contributed by atoms with Gasteiger partial charge in [-0.2, -0.15) is 13.2 Å². The molecule has 0 bridgehead atoms. The first-order chi connectivity index (χ1) is 7.90. The first-order valence-corrected chi connectivity index (χ1v) is 4.66. The zero-order chi connectivity index (χ0) is 12.9. The number of carbonyl (C=O) groups is 1. The molecule has 0 atom stereocenters. The van der Waals surface area contributed by atoms with Crippen molar-refractivity contribution in [3.05, 3.63) is 24.3 Å². The molecule has 0 fully saturated rings. The summed E-state index contributed by atoms with van der Waals surface area (Å²) >= 11 is 0. The Bertz CT molecular complexity index is 376. The maximum absolute atomic E-state index is 11.8. The van der Waals surface area contributed by atoms with Crippen LogP contribution in [0.5, 0.6) is 5.75 Å². The van der Waals surface area contributed by atoms with E-state index in [9.17, 15) is 18.0 Å². The number of rotatable bonds is 3. The molecule has 0 aliphatic carbocycles. The highest BCUT2D eigenvalue weighted by molar-refractivity contribution is 5.89. The van der Waals surface area contributed by atoms with Crippen LogP contribution in [0.15, 0.2) is 24.3 Å². The van der Waals surface area contributed by atoms with Gasteiger partial charge >= 0.3 is 12.2 Å². The molecule has 0 heterocycles. The molecule has 0 saturated heterocycles. The first-order valence-electron chi connectivity index (χ1n) is 4.66. The van der Waals surface area contributed by atoms with Gasteiger partial charge in [-0.25, -0.2) is 4.79 Å². The summed E-state index contributed by atoms with van der Waals surface area (Å²) < 4.78 is 40.3. The molecule has 0 saturated carbocycles. The third-order valence-corrected chi connectivity index (χ3v) is 1.80. The maximum atomic E-state index is 11.8. The van der Waals surface area contributed by atoms with E-state index in [1.165, 1.54) is 19.2 Å². The molecule has 0 unspecified atom stereocenters. The molecular formula is C10H11F3N2O2. The number of anilines is 1. The van der Waals surface area contributed by atoms with E-state index in [2.05, 4.69) is 5.32 Å². The minimum Gasteiger partial charge on any atom is -0.497 e. The van der Waals surface area contributed by atoms with Crippen molar-refractivity contribution in [2.45, 2.75) is 6.18 Å². The Morgan fingerprint density at radius 2 is 1.88 bits per heavy atom. The number of alkyl halides is 3. The minimum absolute atomic E-state index is 0.380. The van der Waals surface area contributed by atoms with Gasteiger partial charge in [-0.05, 0) is 24.3 Å². The van der Waals surface area contributed by atoms with Crippen LogP contribution >= 0.6 is 0 Å². The van der Waals surface area contributed by atoms with Gasteiger partial charge in [-0.15, -0.1) is 0 Å². The molecule has 4 nitrogen and oxygen atoms in total. The number of nitrogens with one attached hydrogen (secondary N) is 2. The molecule has 0 aliphatic heterocycles.